The van der Waals surface area contributed by atoms with Crippen molar-refractivity contribution in [2.45, 2.75) is 52.6 Å². The highest BCUT2D eigenvalue weighted by atomic mass is 35.5. The fourth-order valence-corrected chi connectivity index (χ4v) is 4.16. The minimum Gasteiger partial charge on any atom is -0.484 e. The molecule has 3 aromatic carbocycles. The van der Waals surface area contributed by atoms with Gasteiger partial charge in [0.2, 0.25) is 5.91 Å². The predicted molar refractivity (Wildman–Crippen MR) is 150 cm³/mol. The first-order valence-corrected chi connectivity index (χ1v) is 13.2. The number of rotatable bonds is 12. The molecule has 0 bridgehead atoms. The number of amides is 2. The quantitative estimate of drug-likeness (QED) is 0.307. The molecule has 5 nitrogen and oxygen atoms in total. The second-order valence-corrected chi connectivity index (χ2v) is 10.4. The molecule has 1 N–H and O–H groups in total. The smallest absolute Gasteiger partial charge is 0.261 e. The van der Waals surface area contributed by atoms with E-state index in [4.69, 9.17) is 16.3 Å². The summed E-state index contributed by atoms with van der Waals surface area (Å²) in [6.45, 7) is 8.87. The molecule has 0 aromatic heterocycles. The van der Waals surface area contributed by atoms with Crippen molar-refractivity contribution in [3.8, 4) is 5.75 Å². The molecule has 196 valence electrons. The lowest BCUT2D eigenvalue weighted by atomic mass is 10.0. The molecule has 0 aliphatic rings. The Balaban J connectivity index is 1.88. The summed E-state index contributed by atoms with van der Waals surface area (Å²) in [5.41, 5.74) is 2.94. The van der Waals surface area contributed by atoms with Crippen molar-refractivity contribution in [1.82, 2.24) is 10.2 Å². The van der Waals surface area contributed by atoms with Crippen LogP contribution >= 0.6 is 11.6 Å². The number of hydrogen-bond donors (Lipinski definition) is 1. The zero-order chi connectivity index (χ0) is 26.8. The fraction of sp³-hybridized carbons (Fsp3) is 0.355. The first kappa shape index (κ1) is 28.3. The number of ether oxygens (including phenoxy) is 1. The lowest BCUT2D eigenvalue weighted by Gasteiger charge is -2.32. The van der Waals surface area contributed by atoms with Crippen molar-refractivity contribution in [1.29, 1.82) is 0 Å². The van der Waals surface area contributed by atoms with Crippen LogP contribution in [0.4, 0.5) is 0 Å². The van der Waals surface area contributed by atoms with Gasteiger partial charge in [-0.05, 0) is 46.7 Å². The molecular formula is C31H37ClN2O3. The molecule has 1 atom stereocenters. The Morgan fingerprint density at radius 3 is 2.16 bits per heavy atom. The van der Waals surface area contributed by atoms with Gasteiger partial charge in [0.25, 0.3) is 5.91 Å². The Morgan fingerprint density at radius 2 is 1.54 bits per heavy atom. The summed E-state index contributed by atoms with van der Waals surface area (Å²) < 4.78 is 5.87. The Kier molecular flexibility index (Phi) is 10.6. The molecule has 0 fully saturated rings. The molecule has 37 heavy (non-hydrogen) atoms. The van der Waals surface area contributed by atoms with E-state index in [0.29, 0.717) is 29.7 Å². The van der Waals surface area contributed by atoms with E-state index in [1.54, 1.807) is 11.0 Å². The van der Waals surface area contributed by atoms with Crippen LogP contribution < -0.4 is 10.1 Å². The molecule has 3 rings (SSSR count). The van der Waals surface area contributed by atoms with E-state index in [9.17, 15) is 9.59 Å². The summed E-state index contributed by atoms with van der Waals surface area (Å²) in [4.78, 5) is 28.7. The van der Waals surface area contributed by atoms with Gasteiger partial charge in [0.05, 0.1) is 0 Å². The van der Waals surface area contributed by atoms with E-state index >= 15 is 0 Å². The molecule has 0 aliphatic carbocycles. The monoisotopic (exact) mass is 520 g/mol. The first-order valence-electron chi connectivity index (χ1n) is 12.8. The van der Waals surface area contributed by atoms with Crippen molar-refractivity contribution in [2.24, 2.45) is 5.92 Å². The van der Waals surface area contributed by atoms with Gasteiger partial charge >= 0.3 is 0 Å². The predicted octanol–water partition coefficient (Wildman–Crippen LogP) is 6.25. The third-order valence-electron chi connectivity index (χ3n) is 6.16. The second-order valence-electron chi connectivity index (χ2n) is 9.97. The number of halogens is 1. The average molecular weight is 521 g/mol. The van der Waals surface area contributed by atoms with Gasteiger partial charge in [-0.1, -0.05) is 100.0 Å². The van der Waals surface area contributed by atoms with Crippen LogP contribution in [-0.2, 0) is 22.6 Å². The average Bonchev–Trinajstić information content (AvgIpc) is 2.89. The van der Waals surface area contributed by atoms with Crippen LogP contribution in [0.15, 0.2) is 78.9 Å². The molecule has 0 saturated heterocycles. The standard InChI is InChI=1S/C31H37ClN2O3/c1-22(2)19-33-31(36)29(18-24-10-6-5-7-11-24)34(20-26-12-8-9-13-28(26)32)30(35)21-37-27-16-14-25(15-17-27)23(3)4/h5-17,22-23,29H,18-21H2,1-4H3,(H,33,36). The summed E-state index contributed by atoms with van der Waals surface area (Å²) in [5, 5.41) is 3.57. The SMILES string of the molecule is CC(C)CNC(=O)C(Cc1ccccc1)N(Cc1ccccc1Cl)C(=O)COc1ccc(C(C)C)cc1. The van der Waals surface area contributed by atoms with Crippen molar-refractivity contribution in [3.05, 3.63) is 101 Å². The Labute approximate surface area is 225 Å². The lowest BCUT2D eigenvalue weighted by molar-refractivity contribution is -0.142. The lowest BCUT2D eigenvalue weighted by Crippen LogP contribution is -2.52. The van der Waals surface area contributed by atoms with E-state index in [0.717, 1.165) is 11.1 Å². The van der Waals surface area contributed by atoms with Gasteiger partial charge in [0.1, 0.15) is 11.8 Å². The molecule has 0 heterocycles. The van der Waals surface area contributed by atoms with Gasteiger partial charge in [-0.25, -0.2) is 0 Å². The van der Waals surface area contributed by atoms with E-state index in [2.05, 4.69) is 19.2 Å². The molecule has 0 saturated carbocycles. The number of carbonyl (C=O) groups is 2. The summed E-state index contributed by atoms with van der Waals surface area (Å²) >= 11 is 6.46. The Hall–Kier alpha value is -3.31. The molecule has 6 heteroatoms. The van der Waals surface area contributed by atoms with Crippen molar-refractivity contribution < 1.29 is 14.3 Å². The zero-order valence-corrected chi connectivity index (χ0v) is 22.9. The Morgan fingerprint density at radius 1 is 0.892 bits per heavy atom. The van der Waals surface area contributed by atoms with Crippen molar-refractivity contribution in [3.63, 3.8) is 0 Å². The van der Waals surface area contributed by atoms with Crippen LogP contribution in [0.1, 0.15) is 50.3 Å². The minimum atomic E-state index is -0.725. The third kappa shape index (κ3) is 8.64. The molecular weight excluding hydrogens is 484 g/mol. The summed E-state index contributed by atoms with van der Waals surface area (Å²) in [7, 11) is 0. The normalized spacial score (nSPS) is 11.9. The second kappa shape index (κ2) is 13.8. The van der Waals surface area contributed by atoms with Gasteiger partial charge in [0.15, 0.2) is 6.61 Å². The molecule has 2 amide bonds. The van der Waals surface area contributed by atoms with Gasteiger partial charge in [-0.3, -0.25) is 9.59 Å². The highest BCUT2D eigenvalue weighted by molar-refractivity contribution is 6.31. The fourth-order valence-electron chi connectivity index (χ4n) is 3.96. The van der Waals surface area contributed by atoms with Crippen LogP contribution in [0.2, 0.25) is 5.02 Å². The van der Waals surface area contributed by atoms with Crippen LogP contribution in [0.3, 0.4) is 0 Å². The molecule has 3 aromatic rings. The third-order valence-corrected chi connectivity index (χ3v) is 6.53. The largest absolute Gasteiger partial charge is 0.484 e. The number of carbonyl (C=O) groups excluding carboxylic acids is 2. The van der Waals surface area contributed by atoms with Gasteiger partial charge in [0, 0.05) is 24.5 Å². The van der Waals surface area contributed by atoms with Crippen molar-refractivity contribution in [2.75, 3.05) is 13.2 Å². The molecule has 0 radical (unpaired) electrons. The van der Waals surface area contributed by atoms with Crippen LogP contribution in [0.25, 0.3) is 0 Å². The number of nitrogens with one attached hydrogen (secondary N) is 1. The zero-order valence-electron chi connectivity index (χ0n) is 22.1. The van der Waals surface area contributed by atoms with Gasteiger partial charge in [-0.2, -0.15) is 0 Å². The molecule has 0 aliphatic heterocycles. The summed E-state index contributed by atoms with van der Waals surface area (Å²) in [5.74, 6) is 0.822. The minimum absolute atomic E-state index is 0.186. The van der Waals surface area contributed by atoms with Crippen molar-refractivity contribution >= 4 is 23.4 Å². The van der Waals surface area contributed by atoms with E-state index in [1.165, 1.54) is 5.56 Å². The first-order chi connectivity index (χ1) is 17.7. The highest BCUT2D eigenvalue weighted by Gasteiger charge is 2.31. The summed E-state index contributed by atoms with van der Waals surface area (Å²) in [6.07, 6.45) is 0.379. The maximum atomic E-state index is 13.7. The highest BCUT2D eigenvalue weighted by Crippen LogP contribution is 2.22. The van der Waals surface area contributed by atoms with Crippen LogP contribution in [0, 0.1) is 5.92 Å². The topological polar surface area (TPSA) is 58.6 Å². The number of hydrogen-bond acceptors (Lipinski definition) is 3. The number of benzene rings is 3. The van der Waals surface area contributed by atoms with Gasteiger partial charge < -0.3 is 15.0 Å². The maximum Gasteiger partial charge on any atom is 0.261 e. The van der Waals surface area contributed by atoms with Gasteiger partial charge in [-0.15, -0.1) is 0 Å². The van der Waals surface area contributed by atoms with E-state index < -0.39 is 6.04 Å². The Bertz CT molecular complexity index is 1150. The molecule has 0 spiro atoms. The van der Waals surface area contributed by atoms with Crippen LogP contribution in [-0.4, -0.2) is 35.9 Å². The maximum absolute atomic E-state index is 13.7. The molecule has 1 unspecified atom stereocenters. The van der Waals surface area contributed by atoms with E-state index in [1.807, 2.05) is 86.6 Å². The van der Waals surface area contributed by atoms with Crippen LogP contribution in [0.5, 0.6) is 5.75 Å². The van der Waals surface area contributed by atoms with E-state index in [-0.39, 0.29) is 30.9 Å². The summed E-state index contributed by atoms with van der Waals surface area (Å²) in [6, 6.07) is 24.1. The number of nitrogens with zero attached hydrogens (tertiary/aromatic N) is 1.